The van der Waals surface area contributed by atoms with Crippen LogP contribution in [0.15, 0.2) is 18.2 Å². The number of carbonyl (C=O) groups is 2. The summed E-state index contributed by atoms with van der Waals surface area (Å²) in [6, 6.07) is 3.75. The second-order valence-electron chi connectivity index (χ2n) is 5.53. The van der Waals surface area contributed by atoms with Gasteiger partial charge in [-0.2, -0.15) is 0 Å². The number of piperidine rings is 1. The van der Waals surface area contributed by atoms with Crippen molar-refractivity contribution in [3.05, 3.63) is 38.9 Å². The Hall–Kier alpha value is -2.35. The van der Waals surface area contributed by atoms with E-state index in [2.05, 4.69) is 10.1 Å². The number of nitrogens with zero attached hydrogens (tertiary/aromatic N) is 2. The minimum Gasteiger partial charge on any atom is -0.453 e. The molecule has 0 atom stereocenters. The van der Waals surface area contributed by atoms with Crippen molar-refractivity contribution in [3.8, 4) is 0 Å². The number of nitro benzene ring substituents is 1. The number of carbonyl (C=O) groups excluding carboxylic acids is 2. The van der Waals surface area contributed by atoms with Gasteiger partial charge in [-0.25, -0.2) is 4.79 Å². The molecule has 9 heteroatoms. The van der Waals surface area contributed by atoms with Crippen molar-refractivity contribution in [1.82, 2.24) is 10.2 Å². The maximum absolute atomic E-state index is 12.2. The molecule has 8 nitrogen and oxygen atoms in total. The Morgan fingerprint density at radius 1 is 1.42 bits per heavy atom. The zero-order chi connectivity index (χ0) is 17.7. The van der Waals surface area contributed by atoms with Crippen LogP contribution in [0.3, 0.4) is 0 Å². The van der Waals surface area contributed by atoms with Gasteiger partial charge in [0.1, 0.15) is 0 Å². The average molecular weight is 356 g/mol. The standard InChI is InChI=1S/C15H18ClN3O5/c1-24-15(21)18-6-4-10(5-7-18)9-17-14(20)12-3-2-11(19(22)23)8-13(12)16/h2-3,8,10H,4-7,9H2,1H3,(H,17,20). The molecule has 24 heavy (non-hydrogen) atoms. The highest BCUT2D eigenvalue weighted by molar-refractivity contribution is 6.34. The van der Waals surface area contributed by atoms with Crippen LogP contribution in [0.25, 0.3) is 0 Å². The van der Waals surface area contributed by atoms with Crippen LogP contribution in [0.1, 0.15) is 23.2 Å². The Labute approximate surface area is 143 Å². The Balaban J connectivity index is 1.86. The van der Waals surface area contributed by atoms with E-state index in [1.807, 2.05) is 0 Å². The first-order valence-electron chi connectivity index (χ1n) is 7.47. The minimum atomic E-state index is -0.567. The Morgan fingerprint density at radius 2 is 2.08 bits per heavy atom. The third kappa shape index (κ3) is 4.35. The normalized spacial score (nSPS) is 15.0. The summed E-state index contributed by atoms with van der Waals surface area (Å²) >= 11 is 5.94. The summed E-state index contributed by atoms with van der Waals surface area (Å²) < 4.78 is 4.68. The molecule has 2 rings (SSSR count). The van der Waals surface area contributed by atoms with Gasteiger partial charge in [0.25, 0.3) is 11.6 Å². The molecule has 0 spiro atoms. The number of likely N-dealkylation sites (tertiary alicyclic amines) is 1. The first-order chi connectivity index (χ1) is 11.4. The lowest BCUT2D eigenvalue weighted by molar-refractivity contribution is -0.384. The predicted molar refractivity (Wildman–Crippen MR) is 87.1 cm³/mol. The summed E-state index contributed by atoms with van der Waals surface area (Å²) in [5.74, 6) is -0.114. The molecule has 0 aliphatic carbocycles. The summed E-state index contributed by atoms with van der Waals surface area (Å²) in [7, 11) is 1.35. The molecule has 0 aromatic heterocycles. The first kappa shape index (κ1) is 18.0. The lowest BCUT2D eigenvalue weighted by Gasteiger charge is -2.30. The second-order valence-corrected chi connectivity index (χ2v) is 5.94. The fraction of sp³-hybridized carbons (Fsp3) is 0.467. The van der Waals surface area contributed by atoms with Crippen LogP contribution in [-0.4, -0.2) is 48.6 Å². The van der Waals surface area contributed by atoms with E-state index in [1.165, 1.54) is 19.2 Å². The molecule has 0 bridgehead atoms. The van der Waals surface area contributed by atoms with Crippen molar-refractivity contribution in [2.75, 3.05) is 26.7 Å². The quantitative estimate of drug-likeness (QED) is 0.660. The SMILES string of the molecule is COC(=O)N1CCC(CNC(=O)c2ccc([N+](=O)[O-])cc2Cl)CC1. The third-order valence-corrected chi connectivity index (χ3v) is 4.32. The molecule has 1 aliphatic heterocycles. The average Bonchev–Trinajstić information content (AvgIpc) is 2.59. The highest BCUT2D eigenvalue weighted by Crippen LogP contribution is 2.23. The molecule has 1 aromatic rings. The van der Waals surface area contributed by atoms with Crippen molar-refractivity contribution in [2.45, 2.75) is 12.8 Å². The number of nitro groups is 1. The number of hydrogen-bond donors (Lipinski definition) is 1. The molecule has 1 saturated heterocycles. The number of methoxy groups -OCH3 is 1. The minimum absolute atomic E-state index is 0.0437. The Kier molecular flexibility index (Phi) is 5.97. The van der Waals surface area contributed by atoms with Gasteiger partial charge in [0.05, 0.1) is 22.6 Å². The second kappa shape index (κ2) is 7.96. The lowest BCUT2D eigenvalue weighted by atomic mass is 9.97. The van der Waals surface area contributed by atoms with Gasteiger partial charge in [0.15, 0.2) is 0 Å². The number of non-ortho nitro benzene ring substituents is 1. The smallest absolute Gasteiger partial charge is 0.409 e. The van der Waals surface area contributed by atoms with Crippen LogP contribution in [0.5, 0.6) is 0 Å². The number of hydrogen-bond acceptors (Lipinski definition) is 5. The number of amides is 2. The monoisotopic (exact) mass is 355 g/mol. The zero-order valence-corrected chi connectivity index (χ0v) is 13.9. The van der Waals surface area contributed by atoms with E-state index in [0.717, 1.165) is 18.9 Å². The molecular formula is C15H18ClN3O5. The molecule has 0 saturated carbocycles. The molecule has 1 aromatic carbocycles. The molecule has 0 radical (unpaired) electrons. The van der Waals surface area contributed by atoms with Gasteiger partial charge >= 0.3 is 6.09 Å². The van der Waals surface area contributed by atoms with Gasteiger partial charge in [-0.1, -0.05) is 11.6 Å². The van der Waals surface area contributed by atoms with E-state index in [0.29, 0.717) is 19.6 Å². The number of halogens is 1. The highest BCUT2D eigenvalue weighted by atomic mass is 35.5. The Morgan fingerprint density at radius 3 is 2.62 bits per heavy atom. The number of rotatable bonds is 4. The molecule has 0 unspecified atom stereocenters. The van der Waals surface area contributed by atoms with Gasteiger partial charge in [-0.05, 0) is 24.8 Å². The van der Waals surface area contributed by atoms with Gasteiger partial charge in [0.2, 0.25) is 0 Å². The fourth-order valence-corrected chi connectivity index (χ4v) is 2.84. The van der Waals surface area contributed by atoms with E-state index in [-0.39, 0.29) is 34.2 Å². The summed E-state index contributed by atoms with van der Waals surface area (Å²) in [5, 5.41) is 13.5. The maximum Gasteiger partial charge on any atom is 0.409 e. The largest absolute Gasteiger partial charge is 0.453 e. The van der Waals surface area contributed by atoms with E-state index in [9.17, 15) is 19.7 Å². The predicted octanol–water partition coefficient (Wildman–Crippen LogP) is 2.46. The van der Waals surface area contributed by atoms with Gasteiger partial charge in [-0.15, -0.1) is 0 Å². The van der Waals surface area contributed by atoms with Crippen LogP contribution in [0.2, 0.25) is 5.02 Å². The molecule has 1 aliphatic rings. The molecule has 1 heterocycles. The van der Waals surface area contributed by atoms with Crippen LogP contribution >= 0.6 is 11.6 Å². The van der Waals surface area contributed by atoms with E-state index in [1.54, 1.807) is 4.90 Å². The van der Waals surface area contributed by atoms with E-state index < -0.39 is 4.92 Å². The molecule has 1 N–H and O–H groups in total. The van der Waals surface area contributed by atoms with Crippen LogP contribution in [-0.2, 0) is 4.74 Å². The van der Waals surface area contributed by atoms with Crippen LogP contribution in [0.4, 0.5) is 10.5 Å². The zero-order valence-electron chi connectivity index (χ0n) is 13.2. The van der Waals surface area contributed by atoms with Gasteiger partial charge < -0.3 is 15.0 Å². The molecular weight excluding hydrogens is 338 g/mol. The Bertz CT molecular complexity index is 644. The molecule has 130 valence electrons. The number of nitrogens with one attached hydrogen (secondary N) is 1. The van der Waals surface area contributed by atoms with Crippen LogP contribution in [0, 0.1) is 16.0 Å². The van der Waals surface area contributed by atoms with Crippen LogP contribution < -0.4 is 5.32 Å². The van der Waals surface area contributed by atoms with Crippen molar-refractivity contribution < 1.29 is 19.2 Å². The summed E-state index contributed by atoms with van der Waals surface area (Å²) in [5.41, 5.74) is 0.0426. The summed E-state index contributed by atoms with van der Waals surface area (Å²) in [6.07, 6.45) is 1.20. The highest BCUT2D eigenvalue weighted by Gasteiger charge is 2.24. The van der Waals surface area contributed by atoms with Crippen molar-refractivity contribution in [2.24, 2.45) is 5.92 Å². The topological polar surface area (TPSA) is 102 Å². The van der Waals surface area contributed by atoms with Gasteiger partial charge in [-0.3, -0.25) is 14.9 Å². The molecule has 1 fully saturated rings. The van der Waals surface area contributed by atoms with Crippen molar-refractivity contribution in [3.63, 3.8) is 0 Å². The molecule has 2 amide bonds. The lowest BCUT2D eigenvalue weighted by Crippen LogP contribution is -2.41. The summed E-state index contributed by atoms with van der Waals surface area (Å²) in [6.45, 7) is 1.64. The van der Waals surface area contributed by atoms with Crippen molar-refractivity contribution >= 4 is 29.3 Å². The van der Waals surface area contributed by atoms with E-state index >= 15 is 0 Å². The third-order valence-electron chi connectivity index (χ3n) is 4.01. The number of benzene rings is 1. The fourth-order valence-electron chi connectivity index (χ4n) is 2.58. The number of ether oxygens (including phenoxy) is 1. The van der Waals surface area contributed by atoms with E-state index in [4.69, 9.17) is 11.6 Å². The van der Waals surface area contributed by atoms with Gasteiger partial charge in [0, 0.05) is 31.8 Å². The van der Waals surface area contributed by atoms with Crippen molar-refractivity contribution in [1.29, 1.82) is 0 Å². The first-order valence-corrected chi connectivity index (χ1v) is 7.85. The summed E-state index contributed by atoms with van der Waals surface area (Å²) in [4.78, 5) is 35.3. The maximum atomic E-state index is 12.2.